The van der Waals surface area contributed by atoms with E-state index < -0.39 is 11.2 Å². The summed E-state index contributed by atoms with van der Waals surface area (Å²) >= 11 is 0.529. The zero-order chi connectivity index (χ0) is 16.9. The molecule has 0 bridgehead atoms. The Bertz CT molecular complexity index is 519. The maximum Gasteiger partial charge on any atom is 0.288 e. The molecule has 4 nitrogen and oxygen atoms in total. The van der Waals surface area contributed by atoms with E-state index in [0.29, 0.717) is 49.3 Å². The van der Waals surface area contributed by atoms with Gasteiger partial charge in [-0.05, 0) is 37.5 Å². The Morgan fingerprint density at radius 1 is 1.35 bits per heavy atom. The van der Waals surface area contributed by atoms with Gasteiger partial charge < -0.3 is 15.8 Å². The first-order valence-corrected chi connectivity index (χ1v) is 8.47. The summed E-state index contributed by atoms with van der Waals surface area (Å²) in [7, 11) is 0. The minimum Gasteiger partial charge on any atom is -0.381 e. The van der Waals surface area contributed by atoms with Crippen molar-refractivity contribution in [1.82, 2.24) is 5.32 Å². The topological polar surface area (TPSA) is 64.3 Å². The van der Waals surface area contributed by atoms with Crippen molar-refractivity contribution in [2.45, 2.75) is 36.5 Å². The van der Waals surface area contributed by atoms with Gasteiger partial charge in [0.05, 0.1) is 5.41 Å². The van der Waals surface area contributed by atoms with E-state index >= 15 is 0 Å². The summed E-state index contributed by atoms with van der Waals surface area (Å²) in [6, 6.07) is 7.01. The predicted octanol–water partition coefficient (Wildman–Crippen LogP) is 2.93. The van der Waals surface area contributed by atoms with Crippen LogP contribution in [0.5, 0.6) is 0 Å². The van der Waals surface area contributed by atoms with Crippen LogP contribution >= 0.6 is 11.8 Å². The standard InChI is InChI=1S/C16H22F2N2O2S/c1-11(12-2-4-13(5-3-12)23-15(17)18)20-10-16(14(19)21)6-8-22-9-7-16/h2-5,11,15,20H,6-10H2,1H3,(H2,19,21)/t11-/m0/s1. The molecule has 1 amide bonds. The van der Waals surface area contributed by atoms with Crippen molar-refractivity contribution < 1.29 is 18.3 Å². The summed E-state index contributed by atoms with van der Waals surface area (Å²) in [5.74, 6) is -2.72. The first kappa shape index (κ1) is 18.2. The highest BCUT2D eigenvalue weighted by atomic mass is 32.2. The number of carbonyl (C=O) groups is 1. The van der Waals surface area contributed by atoms with Crippen LogP contribution in [0, 0.1) is 5.41 Å². The van der Waals surface area contributed by atoms with Crippen LogP contribution in [0.2, 0.25) is 0 Å². The minimum atomic E-state index is -2.42. The summed E-state index contributed by atoms with van der Waals surface area (Å²) < 4.78 is 30.0. The maximum absolute atomic E-state index is 12.3. The normalized spacial score (nSPS) is 18.8. The fourth-order valence-electron chi connectivity index (χ4n) is 2.68. The quantitative estimate of drug-likeness (QED) is 0.747. The number of alkyl halides is 2. The van der Waals surface area contributed by atoms with E-state index in [-0.39, 0.29) is 11.9 Å². The van der Waals surface area contributed by atoms with Crippen LogP contribution < -0.4 is 11.1 Å². The van der Waals surface area contributed by atoms with Crippen molar-refractivity contribution in [1.29, 1.82) is 0 Å². The molecular weight excluding hydrogens is 322 g/mol. The third-order valence-electron chi connectivity index (χ3n) is 4.32. The van der Waals surface area contributed by atoms with Crippen LogP contribution in [-0.2, 0) is 9.53 Å². The fraction of sp³-hybridized carbons (Fsp3) is 0.562. The molecule has 1 atom stereocenters. The lowest BCUT2D eigenvalue weighted by molar-refractivity contribution is -0.133. The maximum atomic E-state index is 12.3. The number of rotatable bonds is 7. The van der Waals surface area contributed by atoms with Crippen LogP contribution in [0.15, 0.2) is 29.2 Å². The summed E-state index contributed by atoms with van der Waals surface area (Å²) in [5.41, 5.74) is 6.00. The number of primary amides is 1. The molecule has 1 aliphatic rings. The number of benzene rings is 1. The molecule has 1 aliphatic heterocycles. The second kappa shape index (κ2) is 8.08. The van der Waals surface area contributed by atoms with Crippen molar-refractivity contribution >= 4 is 17.7 Å². The molecule has 0 aromatic heterocycles. The third-order valence-corrected chi connectivity index (χ3v) is 5.05. The Morgan fingerprint density at radius 2 is 1.96 bits per heavy atom. The molecule has 0 saturated carbocycles. The average Bonchev–Trinajstić information content (AvgIpc) is 2.53. The summed E-state index contributed by atoms with van der Waals surface area (Å²) in [4.78, 5) is 12.4. The molecule has 3 N–H and O–H groups in total. The monoisotopic (exact) mass is 344 g/mol. The lowest BCUT2D eigenvalue weighted by Gasteiger charge is -2.35. The van der Waals surface area contributed by atoms with Crippen molar-refractivity contribution in [3.05, 3.63) is 29.8 Å². The highest BCUT2D eigenvalue weighted by Gasteiger charge is 2.38. The SMILES string of the molecule is C[C@H](NCC1(C(N)=O)CCOCC1)c1ccc(SC(F)F)cc1. The molecule has 23 heavy (non-hydrogen) atoms. The zero-order valence-electron chi connectivity index (χ0n) is 13.1. The Labute approximate surface area is 139 Å². The number of thioether (sulfide) groups is 1. The molecule has 1 heterocycles. The first-order chi connectivity index (χ1) is 10.9. The molecule has 1 aromatic rings. The average molecular weight is 344 g/mol. The third kappa shape index (κ3) is 4.89. The molecule has 0 aliphatic carbocycles. The molecular formula is C16H22F2N2O2S. The van der Waals surface area contributed by atoms with E-state index in [9.17, 15) is 13.6 Å². The van der Waals surface area contributed by atoms with Crippen molar-refractivity contribution in [2.24, 2.45) is 11.1 Å². The lowest BCUT2D eigenvalue weighted by Crippen LogP contribution is -2.48. The molecule has 2 rings (SSSR count). The number of amides is 1. The van der Waals surface area contributed by atoms with Gasteiger partial charge in [-0.2, -0.15) is 8.78 Å². The van der Waals surface area contributed by atoms with Gasteiger partial charge in [-0.25, -0.2) is 0 Å². The van der Waals surface area contributed by atoms with Gasteiger partial charge in [0.1, 0.15) is 0 Å². The molecule has 1 saturated heterocycles. The molecule has 0 spiro atoms. The highest BCUT2D eigenvalue weighted by Crippen LogP contribution is 2.31. The van der Waals surface area contributed by atoms with Gasteiger partial charge in [-0.3, -0.25) is 4.79 Å². The van der Waals surface area contributed by atoms with Crippen LogP contribution in [0.25, 0.3) is 0 Å². The number of nitrogens with one attached hydrogen (secondary N) is 1. The largest absolute Gasteiger partial charge is 0.381 e. The Hall–Kier alpha value is -1.18. The second-order valence-corrected chi connectivity index (χ2v) is 6.87. The predicted molar refractivity (Wildman–Crippen MR) is 86.4 cm³/mol. The van der Waals surface area contributed by atoms with E-state index in [4.69, 9.17) is 10.5 Å². The number of nitrogens with two attached hydrogens (primary N) is 1. The van der Waals surface area contributed by atoms with Gasteiger partial charge in [0.15, 0.2) is 0 Å². The number of halogens is 2. The van der Waals surface area contributed by atoms with Crippen LogP contribution in [0.1, 0.15) is 31.4 Å². The summed E-state index contributed by atoms with van der Waals surface area (Å²) in [5, 5.41) is 3.34. The van der Waals surface area contributed by atoms with Gasteiger partial charge in [-0.1, -0.05) is 23.9 Å². The van der Waals surface area contributed by atoms with Crippen molar-refractivity contribution in [3.8, 4) is 0 Å². The van der Waals surface area contributed by atoms with Gasteiger partial charge in [0.25, 0.3) is 5.76 Å². The molecule has 0 unspecified atom stereocenters. The summed E-state index contributed by atoms with van der Waals surface area (Å²) in [6.07, 6.45) is 1.23. The van der Waals surface area contributed by atoms with Crippen LogP contribution in [0.4, 0.5) is 8.78 Å². The van der Waals surface area contributed by atoms with Gasteiger partial charge >= 0.3 is 0 Å². The fourth-order valence-corrected chi connectivity index (χ4v) is 3.18. The van der Waals surface area contributed by atoms with E-state index in [2.05, 4.69) is 5.32 Å². The number of ether oxygens (including phenoxy) is 1. The lowest BCUT2D eigenvalue weighted by atomic mass is 9.79. The Kier molecular flexibility index (Phi) is 6.38. The highest BCUT2D eigenvalue weighted by molar-refractivity contribution is 7.99. The van der Waals surface area contributed by atoms with Gasteiger partial charge in [0.2, 0.25) is 5.91 Å². The number of carbonyl (C=O) groups excluding carboxylic acids is 1. The Balaban J connectivity index is 1.95. The second-order valence-electron chi connectivity index (χ2n) is 5.81. The van der Waals surface area contributed by atoms with Gasteiger partial charge in [-0.15, -0.1) is 0 Å². The van der Waals surface area contributed by atoms with Crippen LogP contribution in [0.3, 0.4) is 0 Å². The first-order valence-electron chi connectivity index (χ1n) is 7.59. The summed E-state index contributed by atoms with van der Waals surface area (Å²) in [6.45, 7) is 3.54. The number of hydrogen-bond donors (Lipinski definition) is 2. The number of hydrogen-bond acceptors (Lipinski definition) is 4. The zero-order valence-corrected chi connectivity index (χ0v) is 13.9. The van der Waals surface area contributed by atoms with E-state index in [1.165, 1.54) is 0 Å². The Morgan fingerprint density at radius 3 is 2.48 bits per heavy atom. The van der Waals surface area contributed by atoms with E-state index in [0.717, 1.165) is 5.56 Å². The molecule has 0 radical (unpaired) electrons. The van der Waals surface area contributed by atoms with Gasteiger partial charge in [0, 0.05) is 30.7 Å². The smallest absolute Gasteiger partial charge is 0.288 e. The van der Waals surface area contributed by atoms with Crippen molar-refractivity contribution in [2.75, 3.05) is 19.8 Å². The van der Waals surface area contributed by atoms with E-state index in [1.54, 1.807) is 12.1 Å². The van der Waals surface area contributed by atoms with Crippen molar-refractivity contribution in [3.63, 3.8) is 0 Å². The minimum absolute atomic E-state index is 0.000306. The molecule has 7 heteroatoms. The van der Waals surface area contributed by atoms with Crippen LogP contribution in [-0.4, -0.2) is 31.4 Å². The van der Waals surface area contributed by atoms with E-state index in [1.807, 2.05) is 19.1 Å². The molecule has 128 valence electrons. The molecule has 1 fully saturated rings. The molecule has 1 aromatic carbocycles.